The highest BCUT2D eigenvalue weighted by Gasteiger charge is 2.10. The molecule has 0 bridgehead atoms. The Hall–Kier alpha value is -1.06. The van der Waals surface area contributed by atoms with Crippen molar-refractivity contribution in [3.05, 3.63) is 29.3 Å². The van der Waals surface area contributed by atoms with Crippen LogP contribution >= 0.6 is 0 Å². The second-order valence-corrected chi connectivity index (χ2v) is 4.11. The van der Waals surface area contributed by atoms with Crippen LogP contribution in [-0.2, 0) is 12.8 Å². The van der Waals surface area contributed by atoms with Crippen LogP contribution in [0.1, 0.15) is 17.5 Å². The molecule has 1 unspecified atom stereocenters. The summed E-state index contributed by atoms with van der Waals surface area (Å²) in [7, 11) is 0. The zero-order valence-electron chi connectivity index (χ0n) is 8.87. The summed E-state index contributed by atoms with van der Waals surface area (Å²) in [6.07, 6.45) is 3.20. The fourth-order valence-corrected chi connectivity index (χ4v) is 2.00. The van der Waals surface area contributed by atoms with E-state index in [9.17, 15) is 5.11 Å². The number of aliphatic hydroxyl groups is 1. The second-order valence-electron chi connectivity index (χ2n) is 4.11. The highest BCUT2D eigenvalue weighted by Crippen LogP contribution is 2.24. The van der Waals surface area contributed by atoms with E-state index in [4.69, 9.17) is 5.73 Å². The van der Waals surface area contributed by atoms with Crippen molar-refractivity contribution in [2.24, 2.45) is 5.73 Å². The first-order valence-electron chi connectivity index (χ1n) is 5.53. The zero-order valence-corrected chi connectivity index (χ0v) is 8.87. The van der Waals surface area contributed by atoms with Crippen molar-refractivity contribution in [1.82, 2.24) is 0 Å². The van der Waals surface area contributed by atoms with Gasteiger partial charge < -0.3 is 16.2 Å². The maximum absolute atomic E-state index is 9.33. The summed E-state index contributed by atoms with van der Waals surface area (Å²) < 4.78 is 0. The van der Waals surface area contributed by atoms with E-state index in [0.29, 0.717) is 13.1 Å². The Morgan fingerprint density at radius 3 is 2.93 bits per heavy atom. The molecule has 0 spiro atoms. The highest BCUT2D eigenvalue weighted by molar-refractivity contribution is 5.50. The van der Waals surface area contributed by atoms with Crippen LogP contribution < -0.4 is 11.1 Å². The summed E-state index contributed by atoms with van der Waals surface area (Å²) in [5.41, 5.74) is 9.34. The topological polar surface area (TPSA) is 58.3 Å². The number of rotatable bonds is 4. The van der Waals surface area contributed by atoms with Gasteiger partial charge in [-0.3, -0.25) is 0 Å². The largest absolute Gasteiger partial charge is 0.390 e. The van der Waals surface area contributed by atoms with Gasteiger partial charge in [0.1, 0.15) is 0 Å². The highest BCUT2D eigenvalue weighted by atomic mass is 16.3. The first-order chi connectivity index (χ1) is 7.29. The van der Waals surface area contributed by atoms with Gasteiger partial charge in [-0.15, -0.1) is 0 Å². The van der Waals surface area contributed by atoms with Crippen LogP contribution in [0.2, 0.25) is 0 Å². The number of hydrogen-bond donors (Lipinski definition) is 3. The Kier molecular flexibility index (Phi) is 3.23. The molecule has 0 saturated heterocycles. The van der Waals surface area contributed by atoms with E-state index < -0.39 is 6.10 Å². The van der Waals surface area contributed by atoms with Gasteiger partial charge in [0, 0.05) is 18.8 Å². The fourth-order valence-electron chi connectivity index (χ4n) is 2.00. The Balaban J connectivity index is 1.98. The molecule has 0 aromatic heterocycles. The van der Waals surface area contributed by atoms with Gasteiger partial charge in [0.15, 0.2) is 0 Å². The Morgan fingerprint density at radius 2 is 2.13 bits per heavy atom. The van der Waals surface area contributed by atoms with Gasteiger partial charge in [-0.05, 0) is 42.5 Å². The van der Waals surface area contributed by atoms with Crippen LogP contribution in [0.3, 0.4) is 0 Å². The summed E-state index contributed by atoms with van der Waals surface area (Å²) >= 11 is 0. The van der Waals surface area contributed by atoms with Crippen LogP contribution in [0, 0.1) is 0 Å². The van der Waals surface area contributed by atoms with Gasteiger partial charge in [-0.25, -0.2) is 0 Å². The van der Waals surface area contributed by atoms with E-state index in [1.807, 2.05) is 0 Å². The number of nitrogens with one attached hydrogen (secondary N) is 1. The predicted molar refractivity (Wildman–Crippen MR) is 62.0 cm³/mol. The number of hydrogen-bond acceptors (Lipinski definition) is 3. The van der Waals surface area contributed by atoms with Crippen molar-refractivity contribution in [2.75, 3.05) is 18.4 Å². The van der Waals surface area contributed by atoms with Gasteiger partial charge >= 0.3 is 0 Å². The Bertz CT molecular complexity index is 338. The minimum absolute atomic E-state index is 0.304. The maximum atomic E-state index is 9.33. The van der Waals surface area contributed by atoms with E-state index in [1.54, 1.807) is 0 Å². The lowest BCUT2D eigenvalue weighted by Crippen LogP contribution is -2.27. The average molecular weight is 206 g/mol. The summed E-state index contributed by atoms with van der Waals surface area (Å²) in [5, 5.41) is 12.5. The number of aryl methyl sites for hydroxylation is 2. The van der Waals surface area contributed by atoms with E-state index >= 15 is 0 Å². The molecule has 15 heavy (non-hydrogen) atoms. The number of nitrogens with two attached hydrogens (primary N) is 1. The third-order valence-electron chi connectivity index (χ3n) is 2.91. The number of anilines is 1. The van der Waals surface area contributed by atoms with Crippen molar-refractivity contribution < 1.29 is 5.11 Å². The smallest absolute Gasteiger partial charge is 0.0834 e. The fraction of sp³-hybridized carbons (Fsp3) is 0.500. The normalized spacial score (nSPS) is 16.1. The first-order valence-corrected chi connectivity index (χ1v) is 5.53. The first kappa shape index (κ1) is 10.5. The molecule has 1 aromatic carbocycles. The molecule has 82 valence electrons. The Labute approximate surface area is 90.3 Å². The van der Waals surface area contributed by atoms with Gasteiger partial charge in [0.2, 0.25) is 0 Å². The molecule has 3 heteroatoms. The van der Waals surface area contributed by atoms with Crippen LogP contribution in [0.15, 0.2) is 18.2 Å². The maximum Gasteiger partial charge on any atom is 0.0834 e. The number of fused-ring (bicyclic) bond motifs is 1. The SMILES string of the molecule is NCC(O)CNc1ccc2c(c1)CCC2. The lowest BCUT2D eigenvalue weighted by molar-refractivity contribution is 0.196. The zero-order chi connectivity index (χ0) is 10.7. The van der Waals surface area contributed by atoms with E-state index in [1.165, 1.54) is 30.4 Å². The molecule has 0 saturated carbocycles. The van der Waals surface area contributed by atoms with Crippen molar-refractivity contribution in [1.29, 1.82) is 0 Å². The monoisotopic (exact) mass is 206 g/mol. The molecule has 2 rings (SSSR count). The molecule has 1 aromatic rings. The predicted octanol–water partition coefficient (Wildman–Crippen LogP) is 0.907. The molecule has 1 atom stereocenters. The van der Waals surface area contributed by atoms with Crippen LogP contribution in [0.4, 0.5) is 5.69 Å². The molecule has 0 fully saturated rings. The van der Waals surface area contributed by atoms with Crippen LogP contribution in [0.5, 0.6) is 0 Å². The van der Waals surface area contributed by atoms with Crippen molar-refractivity contribution >= 4 is 5.69 Å². The molecule has 0 radical (unpaired) electrons. The lowest BCUT2D eigenvalue weighted by Gasteiger charge is -2.11. The van der Waals surface area contributed by atoms with E-state index in [0.717, 1.165) is 5.69 Å². The third kappa shape index (κ3) is 2.49. The molecule has 0 aliphatic heterocycles. The summed E-state index contributed by atoms with van der Waals surface area (Å²) in [6, 6.07) is 6.44. The summed E-state index contributed by atoms with van der Waals surface area (Å²) in [4.78, 5) is 0. The quantitative estimate of drug-likeness (QED) is 0.686. The van der Waals surface area contributed by atoms with Crippen molar-refractivity contribution in [3.8, 4) is 0 Å². The molecular weight excluding hydrogens is 188 g/mol. The molecular formula is C12H18N2O. The van der Waals surface area contributed by atoms with Crippen LogP contribution in [0.25, 0.3) is 0 Å². The van der Waals surface area contributed by atoms with Gasteiger partial charge in [-0.1, -0.05) is 6.07 Å². The second kappa shape index (κ2) is 4.64. The third-order valence-corrected chi connectivity index (χ3v) is 2.91. The number of aliphatic hydroxyl groups excluding tert-OH is 1. The molecule has 1 aliphatic rings. The van der Waals surface area contributed by atoms with Crippen molar-refractivity contribution in [2.45, 2.75) is 25.4 Å². The van der Waals surface area contributed by atoms with Crippen molar-refractivity contribution in [3.63, 3.8) is 0 Å². The molecule has 0 amide bonds. The number of benzene rings is 1. The molecule has 1 aliphatic carbocycles. The van der Waals surface area contributed by atoms with E-state index in [2.05, 4.69) is 23.5 Å². The van der Waals surface area contributed by atoms with Gasteiger partial charge in [0.05, 0.1) is 6.10 Å². The summed E-state index contributed by atoms with van der Waals surface area (Å²) in [5.74, 6) is 0. The minimum atomic E-state index is -0.460. The van der Waals surface area contributed by atoms with Gasteiger partial charge in [0.25, 0.3) is 0 Å². The summed E-state index contributed by atoms with van der Waals surface area (Å²) in [6.45, 7) is 0.827. The molecule has 3 nitrogen and oxygen atoms in total. The Morgan fingerprint density at radius 1 is 1.33 bits per heavy atom. The molecule has 0 heterocycles. The average Bonchev–Trinajstić information content (AvgIpc) is 2.72. The standard InChI is InChI=1S/C12H18N2O/c13-7-12(15)8-14-11-5-4-9-2-1-3-10(9)6-11/h4-6,12,14-15H,1-3,7-8,13H2. The lowest BCUT2D eigenvalue weighted by atomic mass is 10.1. The van der Waals surface area contributed by atoms with Crippen LogP contribution in [-0.4, -0.2) is 24.3 Å². The van der Waals surface area contributed by atoms with Gasteiger partial charge in [-0.2, -0.15) is 0 Å². The molecule has 4 N–H and O–H groups in total. The minimum Gasteiger partial charge on any atom is -0.390 e. The van der Waals surface area contributed by atoms with E-state index in [-0.39, 0.29) is 0 Å².